The number of amides is 2. The summed E-state index contributed by atoms with van der Waals surface area (Å²) >= 11 is 5.89. The fraction of sp³-hybridized carbons (Fsp3) is 0.522. The maximum Gasteiger partial charge on any atom is 0.287 e. The van der Waals surface area contributed by atoms with E-state index in [1.807, 2.05) is 0 Å². The van der Waals surface area contributed by atoms with Crippen molar-refractivity contribution in [1.29, 1.82) is 0 Å². The molecular formula is C23H30ClN5O5S. The minimum Gasteiger partial charge on any atom is -0.390 e. The molecule has 10 nitrogen and oxygen atoms in total. The third kappa shape index (κ3) is 4.46. The number of carbonyl (C=O) groups is 2. The van der Waals surface area contributed by atoms with Gasteiger partial charge in [0.1, 0.15) is 5.69 Å². The smallest absolute Gasteiger partial charge is 0.287 e. The van der Waals surface area contributed by atoms with Crippen molar-refractivity contribution in [3.63, 3.8) is 0 Å². The number of benzene rings is 1. The molecule has 4 rings (SSSR count). The zero-order valence-corrected chi connectivity index (χ0v) is 21.3. The van der Waals surface area contributed by atoms with Gasteiger partial charge in [0.05, 0.1) is 21.8 Å². The Balaban J connectivity index is 1.47. The molecule has 1 atom stereocenters. The quantitative estimate of drug-likeness (QED) is 0.443. The largest absolute Gasteiger partial charge is 0.390 e. The second-order valence-electron chi connectivity index (χ2n) is 9.70. The first-order valence-corrected chi connectivity index (χ1v) is 13.3. The van der Waals surface area contributed by atoms with Gasteiger partial charge in [-0.2, -0.15) is 0 Å². The molecule has 190 valence electrons. The number of fused-ring (bicyclic) bond motifs is 1. The van der Waals surface area contributed by atoms with E-state index in [0.717, 1.165) is 5.56 Å². The van der Waals surface area contributed by atoms with Crippen LogP contribution in [0.25, 0.3) is 0 Å². The van der Waals surface area contributed by atoms with Gasteiger partial charge in [0.2, 0.25) is 0 Å². The Morgan fingerprint density at radius 3 is 2.54 bits per heavy atom. The molecule has 0 bridgehead atoms. The molecule has 4 N–H and O–H groups in total. The fourth-order valence-corrected chi connectivity index (χ4v) is 7.13. The van der Waals surface area contributed by atoms with Crippen LogP contribution < -0.4 is 11.1 Å². The predicted molar refractivity (Wildman–Crippen MR) is 131 cm³/mol. The lowest BCUT2D eigenvalue weighted by Crippen LogP contribution is -2.56. The molecule has 12 heteroatoms. The molecule has 0 saturated heterocycles. The van der Waals surface area contributed by atoms with E-state index in [1.165, 1.54) is 24.9 Å². The van der Waals surface area contributed by atoms with E-state index >= 15 is 0 Å². The highest BCUT2D eigenvalue weighted by atomic mass is 35.5. The molecular weight excluding hydrogens is 494 g/mol. The minimum absolute atomic E-state index is 0.0260. The van der Waals surface area contributed by atoms with Crippen LogP contribution in [0.4, 0.5) is 0 Å². The number of aromatic nitrogens is 2. The number of aliphatic hydroxyl groups is 1. The van der Waals surface area contributed by atoms with Crippen LogP contribution in [-0.4, -0.2) is 75.0 Å². The van der Waals surface area contributed by atoms with Crippen LogP contribution in [0.3, 0.4) is 0 Å². The number of imidazole rings is 1. The van der Waals surface area contributed by atoms with Crippen molar-refractivity contribution in [1.82, 2.24) is 19.8 Å². The monoisotopic (exact) mass is 523 g/mol. The Kier molecular flexibility index (Phi) is 6.73. The fourth-order valence-electron chi connectivity index (χ4n) is 4.47. The van der Waals surface area contributed by atoms with Crippen LogP contribution in [-0.2, 0) is 22.9 Å². The number of nitrogens with one attached hydrogen (secondary N) is 1. The summed E-state index contributed by atoms with van der Waals surface area (Å²) in [5.41, 5.74) is 6.65. The van der Waals surface area contributed by atoms with Gasteiger partial charge < -0.3 is 25.6 Å². The summed E-state index contributed by atoms with van der Waals surface area (Å²) in [7, 11) is -3.80. The highest BCUT2D eigenvalue weighted by Gasteiger charge is 2.62. The lowest BCUT2D eigenvalue weighted by atomic mass is 10.1. The SMILES string of the molecule is CC(C)(C(O)CN)S(=O)(=O)C1(CN2CCn3c(cnc3C(=O)NCc3ccc(Cl)cc3)C2=O)CC1. The van der Waals surface area contributed by atoms with Gasteiger partial charge in [0.25, 0.3) is 11.8 Å². The highest BCUT2D eigenvalue weighted by Crippen LogP contribution is 2.49. The standard InChI is InChI=1S/C23H30ClN5O5S/c1-22(2,18(30)11-25)35(33,34)23(7-8-23)14-28-9-10-29-17(21(28)32)13-26-19(29)20(31)27-12-15-3-5-16(24)6-4-15/h3-6,13,18,30H,7-12,14,25H2,1-2H3,(H,27,31). The number of aliphatic hydroxyl groups excluding tert-OH is 1. The second kappa shape index (κ2) is 9.20. The Labute approximate surface area is 209 Å². The maximum atomic E-state index is 13.4. The average molecular weight is 524 g/mol. The summed E-state index contributed by atoms with van der Waals surface area (Å²) in [6.07, 6.45) is 0.967. The zero-order valence-electron chi connectivity index (χ0n) is 19.7. The topological polar surface area (TPSA) is 148 Å². The third-order valence-corrected chi connectivity index (χ3v) is 10.7. The zero-order chi connectivity index (χ0) is 25.6. The second-order valence-corrected chi connectivity index (χ2v) is 13.1. The Hall–Kier alpha value is -2.47. The number of nitrogens with zero attached hydrogens (tertiary/aromatic N) is 3. The lowest BCUT2D eigenvalue weighted by molar-refractivity contribution is 0.0697. The van der Waals surface area contributed by atoms with Crippen molar-refractivity contribution >= 4 is 33.3 Å². The van der Waals surface area contributed by atoms with Crippen LogP contribution in [0.2, 0.25) is 5.02 Å². The van der Waals surface area contributed by atoms with Crippen LogP contribution in [0.15, 0.2) is 30.5 Å². The van der Waals surface area contributed by atoms with Gasteiger partial charge in [-0.3, -0.25) is 9.59 Å². The molecule has 1 fully saturated rings. The van der Waals surface area contributed by atoms with Gasteiger partial charge in [-0.05, 0) is 44.4 Å². The molecule has 1 aliphatic heterocycles. The molecule has 1 unspecified atom stereocenters. The van der Waals surface area contributed by atoms with Crippen LogP contribution in [0, 0.1) is 0 Å². The van der Waals surface area contributed by atoms with Crippen molar-refractivity contribution in [3.8, 4) is 0 Å². The van der Waals surface area contributed by atoms with E-state index in [1.54, 1.807) is 28.8 Å². The van der Waals surface area contributed by atoms with Crippen molar-refractivity contribution in [2.45, 2.75) is 55.4 Å². The summed E-state index contributed by atoms with van der Waals surface area (Å²) < 4.78 is 25.9. The first-order valence-electron chi connectivity index (χ1n) is 11.4. The van der Waals surface area contributed by atoms with E-state index in [9.17, 15) is 23.1 Å². The van der Waals surface area contributed by atoms with Gasteiger partial charge in [0, 0.05) is 37.7 Å². The Bertz CT molecular complexity index is 1240. The molecule has 1 aliphatic carbocycles. The van der Waals surface area contributed by atoms with Gasteiger partial charge in [-0.25, -0.2) is 13.4 Å². The summed E-state index contributed by atoms with van der Waals surface area (Å²) in [5.74, 6) is -0.659. The van der Waals surface area contributed by atoms with Gasteiger partial charge in [-0.1, -0.05) is 23.7 Å². The third-order valence-electron chi connectivity index (χ3n) is 7.10. The number of sulfone groups is 1. The van der Waals surface area contributed by atoms with Gasteiger partial charge >= 0.3 is 0 Å². The predicted octanol–water partition coefficient (Wildman–Crippen LogP) is 0.968. The molecule has 0 radical (unpaired) electrons. The van der Waals surface area contributed by atoms with Crippen molar-refractivity contribution in [2.24, 2.45) is 5.73 Å². The summed E-state index contributed by atoms with van der Waals surface area (Å²) in [4.78, 5) is 31.6. The van der Waals surface area contributed by atoms with E-state index in [2.05, 4.69) is 10.3 Å². The minimum atomic E-state index is -3.80. The average Bonchev–Trinajstić information content (AvgIpc) is 3.50. The number of hydrogen-bond donors (Lipinski definition) is 3. The van der Waals surface area contributed by atoms with Gasteiger partial charge in [0.15, 0.2) is 15.7 Å². The number of hydrogen-bond acceptors (Lipinski definition) is 7. The van der Waals surface area contributed by atoms with E-state index in [-0.39, 0.29) is 43.6 Å². The van der Waals surface area contributed by atoms with Crippen molar-refractivity contribution < 1.29 is 23.1 Å². The summed E-state index contributed by atoms with van der Waals surface area (Å²) in [5, 5.41) is 13.6. The Morgan fingerprint density at radius 2 is 1.94 bits per heavy atom. The molecule has 0 spiro atoms. The van der Waals surface area contributed by atoms with E-state index in [4.69, 9.17) is 17.3 Å². The van der Waals surface area contributed by atoms with Crippen molar-refractivity contribution in [3.05, 3.63) is 52.6 Å². The lowest BCUT2D eigenvalue weighted by Gasteiger charge is -2.37. The molecule has 2 aliphatic rings. The van der Waals surface area contributed by atoms with Crippen LogP contribution >= 0.6 is 11.6 Å². The van der Waals surface area contributed by atoms with E-state index < -0.39 is 31.3 Å². The highest BCUT2D eigenvalue weighted by molar-refractivity contribution is 7.94. The molecule has 2 aromatic rings. The molecule has 2 heterocycles. The number of carbonyl (C=O) groups excluding carboxylic acids is 2. The molecule has 1 saturated carbocycles. The normalized spacial score (nSPS) is 18.2. The Morgan fingerprint density at radius 1 is 1.29 bits per heavy atom. The number of nitrogens with two attached hydrogens (primary N) is 1. The van der Waals surface area contributed by atoms with Crippen molar-refractivity contribution in [2.75, 3.05) is 19.6 Å². The van der Waals surface area contributed by atoms with Crippen LogP contribution in [0.1, 0.15) is 53.4 Å². The molecule has 2 amide bonds. The van der Waals surface area contributed by atoms with Gasteiger partial charge in [-0.15, -0.1) is 0 Å². The number of halogens is 1. The van der Waals surface area contributed by atoms with Crippen LogP contribution in [0.5, 0.6) is 0 Å². The number of rotatable bonds is 9. The first kappa shape index (κ1) is 25.6. The maximum absolute atomic E-state index is 13.4. The summed E-state index contributed by atoms with van der Waals surface area (Å²) in [6, 6.07) is 7.08. The first-order chi connectivity index (χ1) is 16.4. The molecule has 1 aromatic heterocycles. The van der Waals surface area contributed by atoms with E-state index in [0.29, 0.717) is 24.4 Å². The molecule has 35 heavy (non-hydrogen) atoms. The summed E-state index contributed by atoms with van der Waals surface area (Å²) in [6.45, 7) is 3.64. The molecule has 1 aromatic carbocycles.